The maximum Gasteiger partial charge on any atom is 0.317 e. The summed E-state index contributed by atoms with van der Waals surface area (Å²) in [4.78, 5) is 14.3. The summed E-state index contributed by atoms with van der Waals surface area (Å²) in [5.74, 6) is 1.89. The van der Waals surface area contributed by atoms with Crippen molar-refractivity contribution in [1.29, 1.82) is 5.26 Å². The van der Waals surface area contributed by atoms with Gasteiger partial charge in [0.15, 0.2) is 6.61 Å². The fraction of sp³-hybridized carbons (Fsp3) is 0.444. The Morgan fingerprint density at radius 3 is 2.74 bits per heavy atom. The highest BCUT2D eigenvalue weighted by Crippen LogP contribution is 2.32. The van der Waals surface area contributed by atoms with Crippen LogP contribution >= 0.6 is 0 Å². The highest BCUT2D eigenvalue weighted by Gasteiger charge is 2.34. The van der Waals surface area contributed by atoms with Gasteiger partial charge in [-0.3, -0.25) is 0 Å². The van der Waals surface area contributed by atoms with E-state index in [1.807, 2.05) is 29.2 Å². The zero-order valence-electron chi connectivity index (χ0n) is 13.1. The van der Waals surface area contributed by atoms with Gasteiger partial charge in [-0.1, -0.05) is 24.3 Å². The quantitative estimate of drug-likeness (QED) is 0.870. The lowest BCUT2D eigenvalue weighted by Crippen LogP contribution is -2.38. The van der Waals surface area contributed by atoms with Crippen molar-refractivity contribution >= 4 is 6.03 Å². The first kappa shape index (κ1) is 15.4. The first-order valence-electron chi connectivity index (χ1n) is 8.02. The minimum absolute atomic E-state index is 0.00254. The number of rotatable bonds is 4. The average molecular weight is 311 g/mol. The van der Waals surface area contributed by atoms with Gasteiger partial charge in [0.2, 0.25) is 0 Å². The highest BCUT2D eigenvalue weighted by molar-refractivity contribution is 5.74. The molecule has 1 heterocycles. The molecule has 2 atom stereocenters. The molecule has 0 unspecified atom stereocenters. The molecule has 1 aliphatic heterocycles. The fourth-order valence-electron chi connectivity index (χ4n) is 3.33. The molecule has 5 nitrogen and oxygen atoms in total. The molecule has 1 fully saturated rings. The monoisotopic (exact) mass is 311 g/mol. The SMILES string of the molecule is N#CCOc1cccc(CNC(=O)N2C[C@H]3CC=CC[C@@H]3C2)c1. The van der Waals surface area contributed by atoms with Gasteiger partial charge in [0.25, 0.3) is 0 Å². The Labute approximate surface area is 136 Å². The normalized spacial score (nSPS) is 22.3. The van der Waals surface area contributed by atoms with Gasteiger partial charge < -0.3 is 15.0 Å². The molecular formula is C18H21N3O2. The van der Waals surface area contributed by atoms with E-state index >= 15 is 0 Å². The third-order valence-electron chi connectivity index (χ3n) is 4.55. The van der Waals surface area contributed by atoms with E-state index in [2.05, 4.69) is 17.5 Å². The first-order valence-corrected chi connectivity index (χ1v) is 8.02. The maximum atomic E-state index is 12.3. The molecule has 5 heteroatoms. The van der Waals surface area contributed by atoms with Crippen LogP contribution in [0.2, 0.25) is 0 Å². The van der Waals surface area contributed by atoms with Crippen molar-refractivity contribution in [3.8, 4) is 11.8 Å². The zero-order chi connectivity index (χ0) is 16.1. The van der Waals surface area contributed by atoms with Crippen LogP contribution < -0.4 is 10.1 Å². The molecule has 1 N–H and O–H groups in total. The van der Waals surface area contributed by atoms with E-state index in [0.717, 1.165) is 31.5 Å². The molecule has 2 aliphatic rings. The van der Waals surface area contributed by atoms with Gasteiger partial charge in [-0.2, -0.15) is 5.26 Å². The number of nitrogens with one attached hydrogen (secondary N) is 1. The van der Waals surface area contributed by atoms with Crippen LogP contribution in [-0.2, 0) is 6.54 Å². The number of allylic oxidation sites excluding steroid dienone is 2. The number of fused-ring (bicyclic) bond motifs is 1. The molecule has 1 saturated heterocycles. The molecule has 1 aliphatic carbocycles. The van der Waals surface area contributed by atoms with Crippen LogP contribution in [0.4, 0.5) is 4.79 Å². The number of likely N-dealkylation sites (tertiary alicyclic amines) is 1. The third-order valence-corrected chi connectivity index (χ3v) is 4.55. The van der Waals surface area contributed by atoms with Crippen LogP contribution in [0.1, 0.15) is 18.4 Å². The topological polar surface area (TPSA) is 65.4 Å². The predicted molar refractivity (Wildman–Crippen MR) is 86.7 cm³/mol. The Balaban J connectivity index is 1.50. The Bertz CT molecular complexity index is 619. The molecule has 2 amide bonds. The number of benzene rings is 1. The van der Waals surface area contributed by atoms with Gasteiger partial charge in [0.1, 0.15) is 11.8 Å². The molecule has 0 radical (unpaired) electrons. The summed E-state index contributed by atoms with van der Waals surface area (Å²) in [5, 5.41) is 11.5. The van der Waals surface area contributed by atoms with Gasteiger partial charge in [0.05, 0.1) is 0 Å². The molecule has 0 spiro atoms. The molecule has 0 saturated carbocycles. The number of ether oxygens (including phenoxy) is 1. The number of nitrogens with zero attached hydrogens (tertiary/aromatic N) is 2. The van der Waals surface area contributed by atoms with Gasteiger partial charge in [-0.25, -0.2) is 4.79 Å². The summed E-state index contributed by atoms with van der Waals surface area (Å²) < 4.78 is 5.28. The lowest BCUT2D eigenvalue weighted by molar-refractivity contribution is 0.206. The standard InChI is InChI=1S/C18H21N3O2/c19-8-9-23-17-7-3-4-14(10-17)11-20-18(22)21-12-15-5-1-2-6-16(15)13-21/h1-4,7,10,15-16H,5-6,9,11-13H2,(H,20,22)/t15-,16-/m1/s1. The summed E-state index contributed by atoms with van der Waals surface area (Å²) in [6.45, 7) is 2.20. The molecule has 23 heavy (non-hydrogen) atoms. The van der Waals surface area contributed by atoms with E-state index in [1.165, 1.54) is 0 Å². The number of nitriles is 1. The second kappa shape index (κ2) is 7.19. The Kier molecular flexibility index (Phi) is 4.82. The van der Waals surface area contributed by atoms with Gasteiger partial charge in [-0.05, 0) is 42.4 Å². The molecule has 3 rings (SSSR count). The number of hydrogen-bond acceptors (Lipinski definition) is 3. The van der Waals surface area contributed by atoms with E-state index in [-0.39, 0.29) is 12.6 Å². The Morgan fingerprint density at radius 2 is 2.04 bits per heavy atom. The largest absolute Gasteiger partial charge is 0.479 e. The van der Waals surface area contributed by atoms with Gasteiger partial charge in [0, 0.05) is 19.6 Å². The Morgan fingerprint density at radius 1 is 1.30 bits per heavy atom. The minimum atomic E-state index is 0.00254. The summed E-state index contributed by atoms with van der Waals surface area (Å²) >= 11 is 0. The summed E-state index contributed by atoms with van der Waals surface area (Å²) in [6, 6.07) is 9.41. The molecule has 1 aromatic carbocycles. The summed E-state index contributed by atoms with van der Waals surface area (Å²) in [5.41, 5.74) is 0.965. The van der Waals surface area contributed by atoms with Crippen LogP contribution in [0.25, 0.3) is 0 Å². The lowest BCUT2D eigenvalue weighted by Gasteiger charge is -2.17. The lowest BCUT2D eigenvalue weighted by atomic mass is 9.86. The van der Waals surface area contributed by atoms with Crippen molar-refractivity contribution in [1.82, 2.24) is 10.2 Å². The summed E-state index contributed by atoms with van der Waals surface area (Å²) in [6.07, 6.45) is 6.64. The van der Waals surface area contributed by atoms with Crippen LogP contribution in [-0.4, -0.2) is 30.6 Å². The molecule has 0 aromatic heterocycles. The third kappa shape index (κ3) is 3.84. The number of carbonyl (C=O) groups excluding carboxylic acids is 1. The molecule has 0 bridgehead atoms. The second-order valence-corrected chi connectivity index (χ2v) is 6.12. The van der Waals surface area contributed by atoms with Crippen molar-refractivity contribution in [2.24, 2.45) is 11.8 Å². The smallest absolute Gasteiger partial charge is 0.317 e. The van der Waals surface area contributed by atoms with Crippen molar-refractivity contribution < 1.29 is 9.53 Å². The van der Waals surface area contributed by atoms with Crippen LogP contribution in [0.15, 0.2) is 36.4 Å². The minimum Gasteiger partial charge on any atom is -0.479 e. The van der Waals surface area contributed by atoms with Gasteiger partial charge in [-0.15, -0.1) is 0 Å². The van der Waals surface area contributed by atoms with E-state index < -0.39 is 0 Å². The predicted octanol–water partition coefficient (Wildman–Crippen LogP) is 2.70. The number of hydrogen-bond donors (Lipinski definition) is 1. The summed E-state index contributed by atoms with van der Waals surface area (Å²) in [7, 11) is 0. The Hall–Kier alpha value is -2.48. The van der Waals surface area contributed by atoms with E-state index in [1.54, 1.807) is 6.07 Å². The molecule has 120 valence electrons. The maximum absolute atomic E-state index is 12.3. The van der Waals surface area contributed by atoms with Gasteiger partial charge >= 0.3 is 6.03 Å². The second-order valence-electron chi connectivity index (χ2n) is 6.12. The average Bonchev–Trinajstić information content (AvgIpc) is 3.02. The van der Waals surface area contributed by atoms with Crippen molar-refractivity contribution in [2.75, 3.05) is 19.7 Å². The van der Waals surface area contributed by atoms with E-state index in [9.17, 15) is 4.79 Å². The van der Waals surface area contributed by atoms with Crippen molar-refractivity contribution in [2.45, 2.75) is 19.4 Å². The van der Waals surface area contributed by atoms with E-state index in [4.69, 9.17) is 10.00 Å². The van der Waals surface area contributed by atoms with E-state index in [0.29, 0.717) is 24.1 Å². The number of urea groups is 1. The number of carbonyl (C=O) groups is 1. The first-order chi connectivity index (χ1) is 11.3. The number of amides is 2. The fourth-order valence-corrected chi connectivity index (χ4v) is 3.33. The molecule has 1 aromatic rings. The van der Waals surface area contributed by atoms with Crippen molar-refractivity contribution in [3.05, 3.63) is 42.0 Å². The molecular weight excluding hydrogens is 290 g/mol. The zero-order valence-corrected chi connectivity index (χ0v) is 13.1. The highest BCUT2D eigenvalue weighted by atomic mass is 16.5. The van der Waals surface area contributed by atoms with Crippen LogP contribution in [0.3, 0.4) is 0 Å². The van der Waals surface area contributed by atoms with Crippen LogP contribution in [0, 0.1) is 23.2 Å². The van der Waals surface area contributed by atoms with Crippen LogP contribution in [0.5, 0.6) is 5.75 Å². The van der Waals surface area contributed by atoms with Crippen molar-refractivity contribution in [3.63, 3.8) is 0 Å².